The molecule has 3 rings (SSSR count). The Hall–Kier alpha value is -1.55. The zero-order valence-corrected chi connectivity index (χ0v) is 11.5. The number of rotatable bonds is 1. The van der Waals surface area contributed by atoms with Crippen LogP contribution in [0.5, 0.6) is 0 Å². The SMILES string of the molecule is CC.CN1CCN(c2ccnc3[nH]ccc23)CC1. The molecule has 1 fully saturated rings. The van der Waals surface area contributed by atoms with Gasteiger partial charge in [0.1, 0.15) is 5.65 Å². The van der Waals surface area contributed by atoms with Crippen LogP contribution in [0.1, 0.15) is 13.8 Å². The third-order valence-corrected chi connectivity index (χ3v) is 3.28. The van der Waals surface area contributed by atoms with Crippen molar-refractivity contribution < 1.29 is 0 Å². The molecular formula is C14H22N4. The number of hydrogen-bond acceptors (Lipinski definition) is 3. The summed E-state index contributed by atoms with van der Waals surface area (Å²) in [6.07, 6.45) is 3.84. The lowest BCUT2D eigenvalue weighted by atomic mass is 10.2. The number of piperazine rings is 1. The first-order valence-corrected chi connectivity index (χ1v) is 6.70. The van der Waals surface area contributed by atoms with Gasteiger partial charge in [-0.1, -0.05) is 13.8 Å². The van der Waals surface area contributed by atoms with Crippen LogP contribution in [0.4, 0.5) is 5.69 Å². The Morgan fingerprint density at radius 3 is 2.56 bits per heavy atom. The van der Waals surface area contributed by atoms with E-state index in [4.69, 9.17) is 0 Å². The van der Waals surface area contributed by atoms with Crippen LogP contribution in [0.25, 0.3) is 11.0 Å². The maximum Gasteiger partial charge on any atom is 0.139 e. The second-order valence-electron chi connectivity index (χ2n) is 4.36. The summed E-state index contributed by atoms with van der Waals surface area (Å²) >= 11 is 0. The highest BCUT2D eigenvalue weighted by atomic mass is 15.2. The van der Waals surface area contributed by atoms with Crippen LogP contribution in [0.2, 0.25) is 0 Å². The molecule has 0 unspecified atom stereocenters. The number of anilines is 1. The van der Waals surface area contributed by atoms with Crippen LogP contribution in [-0.4, -0.2) is 48.1 Å². The van der Waals surface area contributed by atoms with Crippen molar-refractivity contribution in [3.8, 4) is 0 Å². The smallest absolute Gasteiger partial charge is 0.139 e. The molecular weight excluding hydrogens is 224 g/mol. The fourth-order valence-electron chi connectivity index (χ4n) is 2.27. The van der Waals surface area contributed by atoms with Crippen molar-refractivity contribution in [2.75, 3.05) is 38.1 Å². The molecule has 1 aliphatic rings. The third kappa shape index (κ3) is 2.48. The van der Waals surface area contributed by atoms with E-state index < -0.39 is 0 Å². The number of H-pyrrole nitrogens is 1. The van der Waals surface area contributed by atoms with Gasteiger partial charge in [0.05, 0.1) is 0 Å². The van der Waals surface area contributed by atoms with Gasteiger partial charge in [-0.05, 0) is 19.2 Å². The first-order chi connectivity index (χ1) is 8.84. The van der Waals surface area contributed by atoms with E-state index in [0.29, 0.717) is 0 Å². The molecule has 4 heteroatoms. The normalized spacial score (nSPS) is 16.5. The van der Waals surface area contributed by atoms with Crippen LogP contribution < -0.4 is 4.90 Å². The summed E-state index contributed by atoms with van der Waals surface area (Å²) in [5.41, 5.74) is 2.29. The summed E-state index contributed by atoms with van der Waals surface area (Å²) < 4.78 is 0. The van der Waals surface area contributed by atoms with Gasteiger partial charge in [-0.2, -0.15) is 0 Å². The minimum Gasteiger partial charge on any atom is -0.368 e. The molecule has 0 spiro atoms. The van der Waals surface area contributed by atoms with Gasteiger partial charge in [0.25, 0.3) is 0 Å². The van der Waals surface area contributed by atoms with E-state index >= 15 is 0 Å². The Morgan fingerprint density at radius 2 is 1.83 bits per heavy atom. The topological polar surface area (TPSA) is 35.2 Å². The number of fused-ring (bicyclic) bond motifs is 1. The molecule has 18 heavy (non-hydrogen) atoms. The molecule has 1 saturated heterocycles. The Labute approximate surface area is 109 Å². The zero-order chi connectivity index (χ0) is 13.0. The van der Waals surface area contributed by atoms with Gasteiger partial charge in [-0.3, -0.25) is 0 Å². The van der Waals surface area contributed by atoms with Gasteiger partial charge in [-0.15, -0.1) is 0 Å². The molecule has 1 aliphatic heterocycles. The molecule has 0 bridgehead atoms. The maximum absolute atomic E-state index is 4.32. The van der Waals surface area contributed by atoms with Crippen molar-refractivity contribution in [3.05, 3.63) is 24.5 Å². The van der Waals surface area contributed by atoms with Crippen LogP contribution in [-0.2, 0) is 0 Å². The van der Waals surface area contributed by atoms with Gasteiger partial charge in [-0.25, -0.2) is 4.98 Å². The lowest BCUT2D eigenvalue weighted by Gasteiger charge is -2.34. The van der Waals surface area contributed by atoms with Crippen molar-refractivity contribution >= 4 is 16.7 Å². The highest BCUT2D eigenvalue weighted by Gasteiger charge is 2.16. The van der Waals surface area contributed by atoms with Gasteiger partial charge in [0, 0.05) is 49.6 Å². The first kappa shape index (κ1) is 12.9. The standard InChI is InChI=1S/C12H16N4.C2H6/c1-15-6-8-16(9-7-15)11-3-5-14-12-10(11)2-4-13-12;1-2/h2-5H,6-9H2,1H3,(H,13,14);1-2H3. The third-order valence-electron chi connectivity index (χ3n) is 3.28. The molecule has 0 radical (unpaired) electrons. The highest BCUT2D eigenvalue weighted by molar-refractivity contribution is 5.89. The summed E-state index contributed by atoms with van der Waals surface area (Å²) in [5, 5.41) is 1.23. The minimum absolute atomic E-state index is 0.983. The largest absolute Gasteiger partial charge is 0.368 e. The summed E-state index contributed by atoms with van der Waals surface area (Å²) in [7, 11) is 2.18. The molecule has 0 atom stereocenters. The molecule has 1 N–H and O–H groups in total. The number of pyridine rings is 1. The number of aromatic nitrogens is 2. The van der Waals surface area contributed by atoms with E-state index in [1.165, 1.54) is 11.1 Å². The second kappa shape index (κ2) is 5.87. The fourth-order valence-corrected chi connectivity index (χ4v) is 2.27. The number of nitrogens with zero attached hydrogens (tertiary/aromatic N) is 3. The van der Waals surface area contributed by atoms with Crippen molar-refractivity contribution in [1.82, 2.24) is 14.9 Å². The van der Waals surface area contributed by atoms with E-state index in [1.807, 2.05) is 26.2 Å². The van der Waals surface area contributed by atoms with Gasteiger partial charge >= 0.3 is 0 Å². The van der Waals surface area contributed by atoms with Crippen LogP contribution in [0.3, 0.4) is 0 Å². The van der Waals surface area contributed by atoms with Crippen LogP contribution in [0.15, 0.2) is 24.5 Å². The molecule has 2 aromatic rings. The number of likely N-dealkylation sites (N-methyl/N-ethyl adjacent to an activating group) is 1. The Morgan fingerprint density at radius 1 is 1.11 bits per heavy atom. The predicted molar refractivity (Wildman–Crippen MR) is 77.2 cm³/mol. The summed E-state index contributed by atoms with van der Waals surface area (Å²) in [6, 6.07) is 4.22. The fraction of sp³-hybridized carbons (Fsp3) is 0.500. The molecule has 0 saturated carbocycles. The van der Waals surface area contributed by atoms with Crippen LogP contribution in [0, 0.1) is 0 Å². The zero-order valence-electron chi connectivity index (χ0n) is 11.5. The van der Waals surface area contributed by atoms with Crippen molar-refractivity contribution in [3.63, 3.8) is 0 Å². The second-order valence-corrected chi connectivity index (χ2v) is 4.36. The molecule has 2 aromatic heterocycles. The number of nitrogens with one attached hydrogen (secondary N) is 1. The Balaban J connectivity index is 0.000000574. The monoisotopic (exact) mass is 246 g/mol. The number of aromatic amines is 1. The van der Waals surface area contributed by atoms with Crippen LogP contribution >= 0.6 is 0 Å². The van der Waals surface area contributed by atoms with E-state index in [9.17, 15) is 0 Å². The van der Waals surface area contributed by atoms with Gasteiger partial charge in [0.15, 0.2) is 0 Å². The minimum atomic E-state index is 0.983. The molecule has 0 aliphatic carbocycles. The Bertz CT molecular complexity index is 483. The van der Waals surface area contributed by atoms with E-state index in [2.05, 4.69) is 38.9 Å². The van der Waals surface area contributed by atoms with Crippen molar-refractivity contribution in [2.45, 2.75) is 13.8 Å². The lowest BCUT2D eigenvalue weighted by Crippen LogP contribution is -2.44. The molecule has 0 amide bonds. The van der Waals surface area contributed by atoms with E-state index in [1.54, 1.807) is 0 Å². The van der Waals surface area contributed by atoms with E-state index in [-0.39, 0.29) is 0 Å². The summed E-state index contributed by atoms with van der Waals surface area (Å²) in [4.78, 5) is 12.3. The van der Waals surface area contributed by atoms with Gasteiger partial charge in [0.2, 0.25) is 0 Å². The first-order valence-electron chi connectivity index (χ1n) is 6.70. The van der Waals surface area contributed by atoms with E-state index in [0.717, 1.165) is 31.8 Å². The molecule has 98 valence electrons. The predicted octanol–water partition coefficient (Wildman–Crippen LogP) is 2.34. The molecule has 0 aromatic carbocycles. The van der Waals surface area contributed by atoms with Crippen molar-refractivity contribution in [2.24, 2.45) is 0 Å². The number of hydrogen-bond donors (Lipinski definition) is 1. The summed E-state index contributed by atoms with van der Waals surface area (Å²) in [5.74, 6) is 0. The summed E-state index contributed by atoms with van der Waals surface area (Å²) in [6.45, 7) is 8.46. The highest BCUT2D eigenvalue weighted by Crippen LogP contribution is 2.25. The quantitative estimate of drug-likeness (QED) is 0.839. The molecule has 4 nitrogen and oxygen atoms in total. The maximum atomic E-state index is 4.32. The van der Waals surface area contributed by atoms with Crippen molar-refractivity contribution in [1.29, 1.82) is 0 Å². The average Bonchev–Trinajstić information content (AvgIpc) is 2.90. The molecule has 3 heterocycles. The Kier molecular flexibility index (Phi) is 4.20. The average molecular weight is 246 g/mol. The van der Waals surface area contributed by atoms with Gasteiger partial charge < -0.3 is 14.8 Å². The lowest BCUT2D eigenvalue weighted by molar-refractivity contribution is 0.313.